The van der Waals surface area contributed by atoms with Crippen LogP contribution in [0, 0.1) is 0 Å². The molecule has 1 atom stereocenters. The molecule has 2 aliphatic heterocycles. The molecule has 10 heteroatoms. The first-order valence-corrected chi connectivity index (χ1v) is 19.0. The molecule has 280 valence electrons. The lowest BCUT2D eigenvalue weighted by molar-refractivity contribution is -0.138. The van der Waals surface area contributed by atoms with Crippen LogP contribution in [0.25, 0.3) is 16.3 Å². The van der Waals surface area contributed by atoms with Crippen molar-refractivity contribution >= 4 is 45.8 Å². The van der Waals surface area contributed by atoms with Crippen LogP contribution in [0.2, 0.25) is 0 Å². The van der Waals surface area contributed by atoms with Gasteiger partial charge in [0, 0.05) is 12.1 Å². The first-order valence-electron chi connectivity index (χ1n) is 18.2. The Kier molecular flexibility index (Phi) is 10.8. The zero-order valence-electron chi connectivity index (χ0n) is 31.7. The van der Waals surface area contributed by atoms with Gasteiger partial charge in [-0.1, -0.05) is 48.5 Å². The molecule has 0 amide bonds. The highest BCUT2D eigenvalue weighted by Gasteiger charge is 2.38. The molecule has 0 saturated carbocycles. The normalized spacial score (nSPS) is 15.1. The average molecular weight is 747 g/mol. The van der Waals surface area contributed by atoms with E-state index >= 15 is 0 Å². The number of carbonyl (C=O) groups excluding carboxylic acids is 1. The van der Waals surface area contributed by atoms with E-state index in [1.165, 1.54) is 16.3 Å². The number of fused-ring (bicyclic) bond motifs is 2. The monoisotopic (exact) mass is 746 g/mol. The number of carbonyl (C=O) groups is 1. The van der Waals surface area contributed by atoms with Crippen molar-refractivity contribution in [1.29, 1.82) is 0 Å². The van der Waals surface area contributed by atoms with Gasteiger partial charge in [0.25, 0.3) is 0 Å². The third-order valence-electron chi connectivity index (χ3n) is 9.48. The summed E-state index contributed by atoms with van der Waals surface area (Å²) in [7, 11) is 4.83. The average Bonchev–Trinajstić information content (AvgIpc) is 3.73. The summed E-state index contributed by atoms with van der Waals surface area (Å²) in [6.07, 6.45) is 0.297. The van der Waals surface area contributed by atoms with Crippen LogP contribution in [0.1, 0.15) is 56.1 Å². The highest BCUT2D eigenvalue weighted by atomic mass is 32.2. The molecule has 0 fully saturated rings. The van der Waals surface area contributed by atoms with Crippen LogP contribution >= 0.6 is 12.1 Å². The van der Waals surface area contributed by atoms with Crippen LogP contribution in [-0.2, 0) is 22.4 Å². The van der Waals surface area contributed by atoms with Crippen molar-refractivity contribution in [3.63, 3.8) is 0 Å². The van der Waals surface area contributed by atoms with Crippen molar-refractivity contribution < 1.29 is 33.2 Å². The van der Waals surface area contributed by atoms with Gasteiger partial charge in [0.05, 0.1) is 62.6 Å². The van der Waals surface area contributed by atoms with Crippen molar-refractivity contribution in [2.45, 2.75) is 58.8 Å². The van der Waals surface area contributed by atoms with Crippen molar-refractivity contribution in [3.8, 4) is 28.7 Å². The molecule has 9 nitrogen and oxygen atoms in total. The van der Waals surface area contributed by atoms with E-state index in [1.54, 1.807) is 33.5 Å². The van der Waals surface area contributed by atoms with E-state index in [0.29, 0.717) is 46.3 Å². The van der Waals surface area contributed by atoms with E-state index in [2.05, 4.69) is 57.6 Å². The van der Waals surface area contributed by atoms with E-state index < -0.39 is 12.1 Å². The minimum absolute atomic E-state index is 0.0972. The Bertz CT molecular complexity index is 2210. The molecule has 1 unspecified atom stereocenters. The lowest BCUT2D eigenvalue weighted by atomic mass is 9.89. The molecule has 0 radical (unpaired) electrons. The number of rotatable bonds is 14. The Labute approximate surface area is 321 Å². The van der Waals surface area contributed by atoms with Crippen LogP contribution in [0.5, 0.6) is 28.7 Å². The summed E-state index contributed by atoms with van der Waals surface area (Å²) in [4.78, 5) is 14.1. The summed E-state index contributed by atoms with van der Waals surface area (Å²) in [6, 6.07) is 30.5. The highest BCUT2D eigenvalue weighted by Crippen LogP contribution is 2.49. The van der Waals surface area contributed by atoms with E-state index in [0.717, 1.165) is 41.0 Å². The zero-order chi connectivity index (χ0) is 37.9. The van der Waals surface area contributed by atoms with Gasteiger partial charge in [0.2, 0.25) is 5.75 Å². The minimum Gasteiger partial charge on any atom is -0.497 e. The summed E-state index contributed by atoms with van der Waals surface area (Å²) in [5, 5.41) is 2.52. The molecule has 2 aliphatic rings. The second kappa shape index (κ2) is 15.9. The van der Waals surface area contributed by atoms with Gasteiger partial charge >= 0.3 is 5.97 Å². The molecule has 0 saturated heterocycles. The number of methoxy groups -OCH3 is 3. The third kappa shape index (κ3) is 7.48. The number of esters is 1. The van der Waals surface area contributed by atoms with Crippen molar-refractivity contribution in [3.05, 3.63) is 119 Å². The summed E-state index contributed by atoms with van der Waals surface area (Å²) < 4.78 is 41.7. The van der Waals surface area contributed by atoms with Crippen LogP contribution < -0.4 is 32.7 Å². The third-order valence-corrected chi connectivity index (χ3v) is 10.4. The highest BCUT2D eigenvalue weighted by molar-refractivity contribution is 8.02. The second-order valence-electron chi connectivity index (χ2n) is 13.8. The molecule has 54 heavy (non-hydrogen) atoms. The number of benzene rings is 5. The Morgan fingerprint density at radius 2 is 1.56 bits per heavy atom. The van der Waals surface area contributed by atoms with E-state index in [1.807, 2.05) is 70.2 Å². The van der Waals surface area contributed by atoms with Gasteiger partial charge in [-0.05, 0) is 116 Å². The molecule has 5 aromatic rings. The summed E-state index contributed by atoms with van der Waals surface area (Å²) in [6.45, 7) is 8.68. The fourth-order valence-corrected chi connectivity index (χ4v) is 7.93. The van der Waals surface area contributed by atoms with Gasteiger partial charge in [0.1, 0.15) is 11.5 Å². The van der Waals surface area contributed by atoms with Crippen molar-refractivity contribution in [2.75, 3.05) is 36.9 Å². The Hall–Kier alpha value is -5.48. The summed E-state index contributed by atoms with van der Waals surface area (Å²) in [5.41, 5.74) is 6.89. The molecule has 5 aromatic carbocycles. The number of nitrogens with one attached hydrogen (secondary N) is 1. The predicted molar refractivity (Wildman–Crippen MR) is 216 cm³/mol. The number of anilines is 2. The fraction of sp³-hybridized carbons (Fsp3) is 0.295. The smallest absolute Gasteiger partial charge is 0.339 e. The molecule has 2 heterocycles. The van der Waals surface area contributed by atoms with Crippen LogP contribution in [0.3, 0.4) is 0 Å². The maximum Gasteiger partial charge on any atom is 0.339 e. The van der Waals surface area contributed by atoms with E-state index in [4.69, 9.17) is 28.4 Å². The minimum atomic E-state index is -0.739. The molecule has 1 N–H and O–H groups in total. The quantitative estimate of drug-likeness (QED) is 0.0876. The number of hydrogen-bond acceptors (Lipinski definition) is 10. The number of ether oxygens (including phenoxy) is 6. The van der Waals surface area contributed by atoms with Crippen LogP contribution in [-0.4, -0.2) is 46.1 Å². The summed E-state index contributed by atoms with van der Waals surface area (Å²) in [5.74, 6) is 2.45. The van der Waals surface area contributed by atoms with Gasteiger partial charge in [-0.25, -0.2) is 4.79 Å². The van der Waals surface area contributed by atoms with Gasteiger partial charge in [-0.15, -0.1) is 0 Å². The van der Waals surface area contributed by atoms with Crippen molar-refractivity contribution in [2.24, 2.45) is 0 Å². The number of nitrogens with zero attached hydrogens (tertiary/aromatic N) is 1. The molecular weight excluding hydrogens is 701 g/mol. The molecular formula is C44H46N2O7S. The lowest BCUT2D eigenvalue weighted by Crippen LogP contribution is -2.15. The van der Waals surface area contributed by atoms with Gasteiger partial charge < -0.3 is 33.1 Å². The van der Waals surface area contributed by atoms with E-state index in [-0.39, 0.29) is 12.2 Å². The molecule has 0 spiro atoms. The van der Waals surface area contributed by atoms with E-state index in [9.17, 15) is 4.79 Å². The first-order chi connectivity index (χ1) is 26.2. The summed E-state index contributed by atoms with van der Waals surface area (Å²) >= 11 is 1.55. The standard InChI is InChI=1S/C44H46N2O7S/c1-26(2)51-40-23-28(22-39(50-7)43(40)52-27(3)4)21-35-41(44(47)53-42(35)34-25-32(48-5)16-18-38(34)49-6)31-15-17-37-36(24-31)45-54-46(37)20-19-30-13-10-12-29-11-8-9-14-33(29)30/h8-18,22-27,42,45H,19-21H2,1-7H3. The predicted octanol–water partition coefficient (Wildman–Crippen LogP) is 9.77. The van der Waals surface area contributed by atoms with Crippen LogP contribution in [0.15, 0.2) is 96.6 Å². The maximum absolute atomic E-state index is 14.1. The SMILES string of the molecule is COc1ccc(OC)c(C2OC(=O)C(c3ccc4c(c3)NSN4CCc3cccc4ccccc34)=C2Cc2cc(OC)c(OC(C)C)c(OC(C)C)c2)c1. The molecule has 0 aliphatic carbocycles. The largest absolute Gasteiger partial charge is 0.497 e. The Balaban J connectivity index is 1.28. The van der Waals surface area contributed by atoms with Gasteiger partial charge in [0.15, 0.2) is 17.6 Å². The Morgan fingerprint density at radius 1 is 0.796 bits per heavy atom. The zero-order valence-corrected chi connectivity index (χ0v) is 32.5. The Morgan fingerprint density at radius 3 is 2.31 bits per heavy atom. The van der Waals surface area contributed by atoms with Crippen molar-refractivity contribution in [1.82, 2.24) is 0 Å². The maximum atomic E-state index is 14.1. The first kappa shape index (κ1) is 36.9. The second-order valence-corrected chi connectivity index (χ2v) is 14.7. The molecule has 7 rings (SSSR count). The number of hydrogen-bond donors (Lipinski definition) is 1. The molecule has 0 bridgehead atoms. The lowest BCUT2D eigenvalue weighted by Gasteiger charge is -2.22. The topological polar surface area (TPSA) is 87.7 Å². The van der Waals surface area contributed by atoms with Gasteiger partial charge in [-0.2, -0.15) is 0 Å². The molecule has 0 aromatic heterocycles. The fourth-order valence-electron chi connectivity index (χ4n) is 7.12. The van der Waals surface area contributed by atoms with Gasteiger partial charge in [-0.3, -0.25) is 4.31 Å². The number of cyclic esters (lactones) is 1. The van der Waals surface area contributed by atoms with Crippen LogP contribution in [0.4, 0.5) is 11.4 Å².